The average Bonchev–Trinajstić information content (AvgIpc) is 3.20. The van der Waals surface area contributed by atoms with E-state index in [1.807, 2.05) is 25.1 Å². The lowest BCUT2D eigenvalue weighted by Crippen LogP contribution is -2.48. The Balaban J connectivity index is 1.07. The van der Waals surface area contributed by atoms with Gasteiger partial charge in [0.1, 0.15) is 5.75 Å². The van der Waals surface area contributed by atoms with Crippen LogP contribution in [0.3, 0.4) is 0 Å². The molecule has 1 amide bonds. The molecule has 0 spiro atoms. The van der Waals surface area contributed by atoms with Crippen molar-refractivity contribution in [1.29, 1.82) is 0 Å². The number of thioether (sulfide) groups is 1. The topological polar surface area (TPSA) is 51.2 Å². The maximum atomic E-state index is 12.6. The highest BCUT2D eigenvalue weighted by Crippen LogP contribution is 2.60. The Hall–Kier alpha value is -2.05. The van der Waals surface area contributed by atoms with E-state index >= 15 is 0 Å². The first-order valence-corrected chi connectivity index (χ1v) is 14.0. The SMILES string of the molecule is CCOc1ccc2nc(SCC(=O)Nc3ccc(C45CC6CC(CC(C6)C4)C5)cc3)sc2c1. The number of carbonyl (C=O) groups excluding carboxylic acids is 1. The summed E-state index contributed by atoms with van der Waals surface area (Å²) in [4.78, 5) is 17.2. The highest BCUT2D eigenvalue weighted by Gasteiger charge is 2.51. The van der Waals surface area contributed by atoms with Crippen molar-refractivity contribution in [2.24, 2.45) is 17.8 Å². The summed E-state index contributed by atoms with van der Waals surface area (Å²) >= 11 is 3.10. The van der Waals surface area contributed by atoms with Crippen molar-refractivity contribution >= 4 is 44.9 Å². The minimum atomic E-state index is 0.0109. The molecular weight excluding hydrogens is 448 g/mol. The standard InChI is InChI=1S/C27H30N2O2S2/c1-2-31-22-7-8-23-24(12-22)33-26(29-23)32-16-25(30)28-21-5-3-20(4-6-21)27-13-17-9-18(14-27)11-19(10-17)15-27/h3-8,12,17-19H,2,9-11,13-16H2,1H3,(H,28,30). The fourth-order valence-electron chi connectivity index (χ4n) is 6.90. The largest absolute Gasteiger partial charge is 0.494 e. The lowest BCUT2D eigenvalue weighted by atomic mass is 9.48. The second-order valence-corrected chi connectivity index (χ2v) is 12.4. The summed E-state index contributed by atoms with van der Waals surface area (Å²) in [6, 6.07) is 14.7. The van der Waals surface area contributed by atoms with E-state index in [1.165, 1.54) is 55.9 Å². The van der Waals surface area contributed by atoms with Gasteiger partial charge >= 0.3 is 0 Å². The molecule has 1 heterocycles. The molecule has 0 aliphatic heterocycles. The zero-order valence-corrected chi connectivity index (χ0v) is 20.6. The fraction of sp³-hybridized carbons (Fsp3) is 0.481. The number of fused-ring (bicyclic) bond motifs is 1. The van der Waals surface area contributed by atoms with Gasteiger partial charge in [-0.25, -0.2) is 4.98 Å². The molecule has 2 aromatic carbocycles. The zero-order chi connectivity index (χ0) is 22.4. The number of amides is 1. The second kappa shape index (κ2) is 8.62. The maximum Gasteiger partial charge on any atom is 0.234 e. The second-order valence-electron chi connectivity index (χ2n) is 10.2. The highest BCUT2D eigenvalue weighted by molar-refractivity contribution is 8.01. The number of rotatable bonds is 7. The van der Waals surface area contributed by atoms with Crippen molar-refractivity contribution in [2.75, 3.05) is 17.7 Å². The summed E-state index contributed by atoms with van der Waals surface area (Å²) in [6.45, 7) is 2.63. The number of hydrogen-bond acceptors (Lipinski definition) is 5. The van der Waals surface area contributed by atoms with Crippen molar-refractivity contribution in [1.82, 2.24) is 4.98 Å². The molecule has 1 N–H and O–H groups in total. The first-order chi connectivity index (χ1) is 16.1. The van der Waals surface area contributed by atoms with Crippen molar-refractivity contribution in [3.63, 3.8) is 0 Å². The molecule has 4 bridgehead atoms. The molecule has 4 aliphatic carbocycles. The van der Waals surface area contributed by atoms with Crippen LogP contribution in [-0.2, 0) is 10.2 Å². The smallest absolute Gasteiger partial charge is 0.234 e. The van der Waals surface area contributed by atoms with Crippen molar-refractivity contribution in [2.45, 2.75) is 55.2 Å². The van der Waals surface area contributed by atoms with Crippen LogP contribution < -0.4 is 10.1 Å². The van der Waals surface area contributed by atoms with Gasteiger partial charge < -0.3 is 10.1 Å². The fourth-order valence-corrected chi connectivity index (χ4v) is 8.79. The summed E-state index contributed by atoms with van der Waals surface area (Å²) < 4.78 is 7.57. The third-order valence-electron chi connectivity index (χ3n) is 7.80. The van der Waals surface area contributed by atoms with Gasteiger partial charge in [0.15, 0.2) is 4.34 Å². The number of ether oxygens (including phenoxy) is 1. The van der Waals surface area contributed by atoms with E-state index in [4.69, 9.17) is 4.74 Å². The van der Waals surface area contributed by atoms with E-state index in [1.54, 1.807) is 11.3 Å². The van der Waals surface area contributed by atoms with Gasteiger partial charge in [0.05, 0.1) is 22.6 Å². The predicted molar refractivity (Wildman–Crippen MR) is 136 cm³/mol. The third kappa shape index (κ3) is 4.28. The molecular formula is C27H30N2O2S2. The van der Waals surface area contributed by atoms with Crippen LogP contribution in [0.15, 0.2) is 46.8 Å². The minimum absolute atomic E-state index is 0.0109. The molecule has 0 radical (unpaired) electrons. The normalized spacial score (nSPS) is 27.7. The summed E-state index contributed by atoms with van der Waals surface area (Å²) in [6.07, 6.45) is 8.51. The highest BCUT2D eigenvalue weighted by atomic mass is 32.2. The minimum Gasteiger partial charge on any atom is -0.494 e. The Kier molecular flexibility index (Phi) is 5.61. The summed E-state index contributed by atoms with van der Waals surface area (Å²) in [7, 11) is 0. The number of nitrogens with one attached hydrogen (secondary N) is 1. The monoisotopic (exact) mass is 478 g/mol. The van der Waals surface area contributed by atoms with Crippen LogP contribution in [0.4, 0.5) is 5.69 Å². The van der Waals surface area contributed by atoms with Gasteiger partial charge in [-0.2, -0.15) is 0 Å². The van der Waals surface area contributed by atoms with Crippen LogP contribution in [0.25, 0.3) is 10.2 Å². The number of hydrogen-bond donors (Lipinski definition) is 1. The van der Waals surface area contributed by atoms with Gasteiger partial charge in [-0.05, 0) is 105 Å². The number of anilines is 1. The first-order valence-electron chi connectivity index (χ1n) is 12.2. The number of thiazole rings is 1. The molecule has 4 saturated carbocycles. The Morgan fingerprint density at radius 3 is 2.45 bits per heavy atom. The van der Waals surface area contributed by atoms with Crippen molar-refractivity contribution in [3.8, 4) is 5.75 Å². The molecule has 4 nitrogen and oxygen atoms in total. The number of nitrogens with zero attached hydrogens (tertiary/aromatic N) is 1. The maximum absolute atomic E-state index is 12.6. The molecule has 3 aromatic rings. The predicted octanol–water partition coefficient (Wildman–Crippen LogP) is 6.89. The van der Waals surface area contributed by atoms with Crippen LogP contribution in [0.2, 0.25) is 0 Å². The van der Waals surface area contributed by atoms with Gasteiger partial charge in [0, 0.05) is 5.69 Å². The molecule has 172 valence electrons. The van der Waals surface area contributed by atoms with E-state index in [2.05, 4.69) is 34.6 Å². The quantitative estimate of drug-likeness (QED) is 0.376. The lowest BCUT2D eigenvalue weighted by molar-refractivity contribution is -0.113. The number of benzene rings is 2. The van der Waals surface area contributed by atoms with Crippen LogP contribution in [0, 0.1) is 17.8 Å². The average molecular weight is 479 g/mol. The molecule has 6 heteroatoms. The van der Waals surface area contributed by atoms with Crippen LogP contribution in [-0.4, -0.2) is 23.3 Å². The molecule has 1 aromatic heterocycles. The van der Waals surface area contributed by atoms with Crippen LogP contribution in [0.5, 0.6) is 5.75 Å². The summed E-state index contributed by atoms with van der Waals surface area (Å²) in [5.41, 5.74) is 3.74. The number of carbonyl (C=O) groups is 1. The zero-order valence-electron chi connectivity index (χ0n) is 19.0. The summed E-state index contributed by atoms with van der Waals surface area (Å²) in [5.74, 6) is 4.06. The van der Waals surface area contributed by atoms with Crippen LogP contribution in [0.1, 0.15) is 51.0 Å². The van der Waals surface area contributed by atoms with Crippen molar-refractivity contribution in [3.05, 3.63) is 48.0 Å². The molecule has 4 fully saturated rings. The van der Waals surface area contributed by atoms with E-state index in [0.29, 0.717) is 17.8 Å². The van der Waals surface area contributed by atoms with Crippen molar-refractivity contribution < 1.29 is 9.53 Å². The molecule has 7 rings (SSSR count). The van der Waals surface area contributed by atoms with Gasteiger partial charge in [0.25, 0.3) is 0 Å². The molecule has 0 saturated heterocycles. The van der Waals surface area contributed by atoms with E-state index in [-0.39, 0.29) is 5.91 Å². The Morgan fingerprint density at radius 1 is 1.09 bits per heavy atom. The van der Waals surface area contributed by atoms with Gasteiger partial charge in [-0.1, -0.05) is 23.9 Å². The van der Waals surface area contributed by atoms with Gasteiger partial charge in [0.2, 0.25) is 5.91 Å². The van der Waals surface area contributed by atoms with Gasteiger partial charge in [-0.15, -0.1) is 11.3 Å². The molecule has 0 atom stereocenters. The molecule has 4 aliphatic rings. The number of aromatic nitrogens is 1. The van der Waals surface area contributed by atoms with Crippen LogP contribution >= 0.6 is 23.1 Å². The Labute approximate surface area is 203 Å². The lowest BCUT2D eigenvalue weighted by Gasteiger charge is -2.57. The summed E-state index contributed by atoms with van der Waals surface area (Å²) in [5, 5.41) is 3.07. The van der Waals surface area contributed by atoms with Gasteiger partial charge in [-0.3, -0.25) is 4.79 Å². The van der Waals surface area contributed by atoms with E-state index in [0.717, 1.165) is 43.7 Å². The Morgan fingerprint density at radius 2 is 1.79 bits per heavy atom. The Bertz CT molecular complexity index is 1140. The van der Waals surface area contributed by atoms with E-state index in [9.17, 15) is 4.79 Å². The molecule has 33 heavy (non-hydrogen) atoms. The third-order valence-corrected chi connectivity index (χ3v) is 9.96. The van der Waals surface area contributed by atoms with E-state index < -0.39 is 0 Å². The first kappa shape index (κ1) is 21.5. The molecule has 0 unspecified atom stereocenters.